The maximum absolute atomic E-state index is 13.1. The van der Waals surface area contributed by atoms with E-state index in [1.54, 1.807) is 0 Å². The molecule has 1 aromatic rings. The molecule has 1 fully saturated rings. The van der Waals surface area contributed by atoms with Crippen LogP contribution in [0.15, 0.2) is 12.1 Å². The Morgan fingerprint density at radius 3 is 2.61 bits per heavy atom. The summed E-state index contributed by atoms with van der Waals surface area (Å²) in [6.45, 7) is 4.80. The molecule has 0 spiro atoms. The molecule has 0 aromatic heterocycles. The molecule has 0 bridgehead atoms. The zero-order chi connectivity index (χ0) is 13.3. The Kier molecular flexibility index (Phi) is 3.57. The van der Waals surface area contributed by atoms with E-state index in [9.17, 15) is 8.78 Å². The molecule has 0 amide bonds. The molecule has 1 heterocycles. The zero-order valence-corrected chi connectivity index (χ0v) is 11.0. The first-order chi connectivity index (χ1) is 8.48. The Balaban J connectivity index is 2.58. The molecule has 0 radical (unpaired) electrons. The molecule has 1 saturated heterocycles. The van der Waals surface area contributed by atoms with Crippen LogP contribution in [0.1, 0.15) is 42.9 Å². The lowest BCUT2D eigenvalue weighted by Crippen LogP contribution is -2.33. The smallest absolute Gasteiger partial charge is 0.267 e. The standard InChI is InChI=1S/C14H19F2NO/c1-9-7-10(13(15)16)12(18-3)11(8-9)14(2)5-4-6-17-14/h7-8,13,17H,4-6H2,1-3H3. The van der Waals surface area contributed by atoms with Crippen LogP contribution < -0.4 is 10.1 Å². The molecular weight excluding hydrogens is 236 g/mol. The molecule has 2 rings (SSSR count). The lowest BCUT2D eigenvalue weighted by Gasteiger charge is -2.28. The first kappa shape index (κ1) is 13.3. The predicted octanol–water partition coefficient (Wildman–Crippen LogP) is 3.54. The molecule has 0 aliphatic carbocycles. The molecule has 1 aliphatic rings. The van der Waals surface area contributed by atoms with E-state index in [1.165, 1.54) is 13.2 Å². The van der Waals surface area contributed by atoms with Gasteiger partial charge in [-0.15, -0.1) is 0 Å². The van der Waals surface area contributed by atoms with Crippen LogP contribution in [0.5, 0.6) is 5.75 Å². The maximum atomic E-state index is 13.1. The second-order valence-corrected chi connectivity index (χ2v) is 5.10. The quantitative estimate of drug-likeness (QED) is 0.892. The molecule has 0 saturated carbocycles. The summed E-state index contributed by atoms with van der Waals surface area (Å²) < 4.78 is 31.4. The highest BCUT2D eigenvalue weighted by Crippen LogP contribution is 2.41. The number of halogens is 2. The first-order valence-corrected chi connectivity index (χ1v) is 6.20. The fourth-order valence-corrected chi connectivity index (χ4v) is 2.73. The van der Waals surface area contributed by atoms with E-state index in [-0.39, 0.29) is 11.1 Å². The van der Waals surface area contributed by atoms with E-state index in [0.717, 1.165) is 30.5 Å². The number of hydrogen-bond acceptors (Lipinski definition) is 2. The van der Waals surface area contributed by atoms with Crippen molar-refractivity contribution in [1.82, 2.24) is 5.32 Å². The largest absolute Gasteiger partial charge is 0.496 e. The minimum absolute atomic E-state index is 0.0116. The highest BCUT2D eigenvalue weighted by Gasteiger charge is 2.34. The van der Waals surface area contributed by atoms with Crippen molar-refractivity contribution in [3.05, 3.63) is 28.8 Å². The Bertz CT molecular complexity index is 440. The van der Waals surface area contributed by atoms with Crippen LogP contribution in [0.2, 0.25) is 0 Å². The number of hydrogen-bond donors (Lipinski definition) is 1. The summed E-state index contributed by atoms with van der Waals surface area (Å²) in [6, 6.07) is 3.45. The van der Waals surface area contributed by atoms with Gasteiger partial charge in [-0.3, -0.25) is 0 Å². The van der Waals surface area contributed by atoms with Gasteiger partial charge < -0.3 is 10.1 Å². The van der Waals surface area contributed by atoms with E-state index in [0.29, 0.717) is 5.75 Å². The van der Waals surface area contributed by atoms with Crippen LogP contribution in [0.4, 0.5) is 8.78 Å². The molecule has 100 valence electrons. The Morgan fingerprint density at radius 2 is 2.11 bits per heavy atom. The topological polar surface area (TPSA) is 21.3 Å². The number of benzene rings is 1. The summed E-state index contributed by atoms with van der Waals surface area (Å²) in [7, 11) is 1.46. The van der Waals surface area contributed by atoms with Crippen molar-refractivity contribution in [2.75, 3.05) is 13.7 Å². The Morgan fingerprint density at radius 1 is 1.39 bits per heavy atom. The minimum atomic E-state index is -2.51. The SMILES string of the molecule is COc1c(C(F)F)cc(C)cc1C1(C)CCCN1. The minimum Gasteiger partial charge on any atom is -0.496 e. The van der Waals surface area contributed by atoms with E-state index >= 15 is 0 Å². The van der Waals surface area contributed by atoms with Gasteiger partial charge in [0, 0.05) is 11.1 Å². The summed E-state index contributed by atoms with van der Waals surface area (Å²) >= 11 is 0. The molecule has 1 aromatic carbocycles. The van der Waals surface area contributed by atoms with Crippen molar-refractivity contribution in [1.29, 1.82) is 0 Å². The van der Waals surface area contributed by atoms with Crippen LogP contribution in [0.25, 0.3) is 0 Å². The van der Waals surface area contributed by atoms with Crippen molar-refractivity contribution in [3.63, 3.8) is 0 Å². The lowest BCUT2D eigenvalue weighted by atomic mass is 9.87. The fourth-order valence-electron chi connectivity index (χ4n) is 2.73. The number of rotatable bonds is 3. The van der Waals surface area contributed by atoms with Gasteiger partial charge in [-0.1, -0.05) is 11.6 Å². The van der Waals surface area contributed by atoms with Crippen LogP contribution in [0.3, 0.4) is 0 Å². The van der Waals surface area contributed by atoms with Crippen molar-refractivity contribution in [2.24, 2.45) is 0 Å². The van der Waals surface area contributed by atoms with E-state index in [4.69, 9.17) is 4.74 Å². The van der Waals surface area contributed by atoms with Crippen molar-refractivity contribution in [2.45, 2.75) is 38.7 Å². The normalized spacial score (nSPS) is 23.7. The molecule has 2 nitrogen and oxygen atoms in total. The van der Waals surface area contributed by atoms with Crippen LogP contribution in [0, 0.1) is 6.92 Å². The molecule has 18 heavy (non-hydrogen) atoms. The predicted molar refractivity (Wildman–Crippen MR) is 67.3 cm³/mol. The zero-order valence-electron chi connectivity index (χ0n) is 11.0. The van der Waals surface area contributed by atoms with Gasteiger partial charge in [0.1, 0.15) is 5.75 Å². The molecule has 4 heteroatoms. The van der Waals surface area contributed by atoms with Crippen LogP contribution >= 0.6 is 0 Å². The van der Waals surface area contributed by atoms with E-state index in [1.807, 2.05) is 19.9 Å². The molecular formula is C14H19F2NO. The summed E-state index contributed by atoms with van der Waals surface area (Å²) in [5, 5.41) is 3.39. The average molecular weight is 255 g/mol. The van der Waals surface area contributed by atoms with Gasteiger partial charge in [-0.2, -0.15) is 0 Å². The van der Waals surface area contributed by atoms with Gasteiger partial charge in [0.25, 0.3) is 6.43 Å². The lowest BCUT2D eigenvalue weighted by molar-refractivity contribution is 0.146. The van der Waals surface area contributed by atoms with Crippen LogP contribution in [-0.2, 0) is 5.54 Å². The van der Waals surface area contributed by atoms with Gasteiger partial charge in [0.05, 0.1) is 12.7 Å². The summed E-state index contributed by atoms with van der Waals surface area (Å²) in [4.78, 5) is 0. The van der Waals surface area contributed by atoms with E-state index in [2.05, 4.69) is 5.32 Å². The second-order valence-electron chi connectivity index (χ2n) is 5.10. The maximum Gasteiger partial charge on any atom is 0.267 e. The summed E-state index contributed by atoms with van der Waals surface area (Å²) in [5.41, 5.74) is 1.41. The van der Waals surface area contributed by atoms with Crippen molar-refractivity contribution < 1.29 is 13.5 Å². The monoisotopic (exact) mass is 255 g/mol. The van der Waals surface area contributed by atoms with Gasteiger partial charge >= 0.3 is 0 Å². The third kappa shape index (κ3) is 2.21. The number of nitrogens with one attached hydrogen (secondary N) is 1. The van der Waals surface area contributed by atoms with Gasteiger partial charge in [0.15, 0.2) is 0 Å². The third-order valence-corrected chi connectivity index (χ3v) is 3.66. The number of ether oxygens (including phenoxy) is 1. The summed E-state index contributed by atoms with van der Waals surface area (Å²) in [5.74, 6) is 0.326. The van der Waals surface area contributed by atoms with Crippen LogP contribution in [-0.4, -0.2) is 13.7 Å². The van der Waals surface area contributed by atoms with Gasteiger partial charge in [-0.05, 0) is 39.3 Å². The van der Waals surface area contributed by atoms with Gasteiger partial charge in [-0.25, -0.2) is 8.78 Å². The van der Waals surface area contributed by atoms with Gasteiger partial charge in [0.2, 0.25) is 0 Å². The summed E-state index contributed by atoms with van der Waals surface area (Å²) in [6.07, 6.45) is -0.517. The molecule has 1 aliphatic heterocycles. The highest BCUT2D eigenvalue weighted by atomic mass is 19.3. The van der Waals surface area contributed by atoms with Crippen molar-refractivity contribution >= 4 is 0 Å². The third-order valence-electron chi connectivity index (χ3n) is 3.66. The average Bonchev–Trinajstić information content (AvgIpc) is 2.76. The Hall–Kier alpha value is -1.16. The first-order valence-electron chi connectivity index (χ1n) is 6.20. The molecule has 1 unspecified atom stereocenters. The van der Waals surface area contributed by atoms with E-state index < -0.39 is 6.43 Å². The van der Waals surface area contributed by atoms with Crippen molar-refractivity contribution in [3.8, 4) is 5.75 Å². The highest BCUT2D eigenvalue weighted by molar-refractivity contribution is 5.49. The number of alkyl halides is 2. The molecule has 1 N–H and O–H groups in total. The number of methoxy groups -OCH3 is 1. The number of aryl methyl sites for hydroxylation is 1. The second kappa shape index (κ2) is 4.84. The molecule has 1 atom stereocenters. The fraction of sp³-hybridized carbons (Fsp3) is 0.571. The Labute approximate surface area is 106 Å².